The Morgan fingerprint density at radius 1 is 0.450 bits per heavy atom. The fourth-order valence-corrected chi connectivity index (χ4v) is 13.5. The number of carbonyl (C=O) groups excluding carboxylic acids is 6. The summed E-state index contributed by atoms with van der Waals surface area (Å²) in [5.74, 6) is 0.231. The van der Waals surface area contributed by atoms with E-state index in [9.17, 15) is 33.2 Å². The van der Waals surface area contributed by atoms with E-state index in [0.717, 1.165) is 152 Å². The van der Waals surface area contributed by atoms with Gasteiger partial charge in [0.1, 0.15) is 5.82 Å². The summed E-state index contributed by atoms with van der Waals surface area (Å²) in [4.78, 5) is 84.1. The van der Waals surface area contributed by atoms with Crippen molar-refractivity contribution < 1.29 is 37.9 Å². The Bertz CT molecular complexity index is 3770. The maximum atomic E-state index is 13.1. The molecule has 0 spiro atoms. The number of hydrogen-bond donors (Lipinski definition) is 3. The second kappa shape index (κ2) is 43.6. The Balaban J connectivity index is 0.000000213. The molecule has 3 N–H and O–H groups in total. The summed E-state index contributed by atoms with van der Waals surface area (Å²) in [6.07, 6.45) is 11.6. The first-order valence-corrected chi connectivity index (χ1v) is 40.5. The molecule has 6 aromatic rings. The van der Waals surface area contributed by atoms with Crippen molar-refractivity contribution >= 4 is 35.3 Å². The lowest BCUT2D eigenvalue weighted by molar-refractivity contribution is -0.127. The molecule has 4 aliphatic rings. The molecule has 15 nitrogen and oxygen atoms in total. The number of nitrogens with one attached hydrogen (secondary N) is 3. The third-order valence-electron chi connectivity index (χ3n) is 20.9. The molecule has 10 rings (SSSR count). The van der Waals surface area contributed by atoms with Crippen LogP contribution in [0.1, 0.15) is 274 Å². The number of halogens is 1. The smallest absolute Gasteiger partial charge is 0.253 e. The number of piperazine rings is 1. The van der Waals surface area contributed by atoms with Crippen molar-refractivity contribution in [2.75, 3.05) is 105 Å². The van der Waals surface area contributed by atoms with Gasteiger partial charge in [0, 0.05) is 119 Å². The van der Waals surface area contributed by atoms with Crippen molar-refractivity contribution in [1.29, 1.82) is 0 Å². The van der Waals surface area contributed by atoms with Gasteiger partial charge in [-0.05, 0) is 199 Å². The normalized spacial score (nSPS) is 16.0. The first kappa shape index (κ1) is 90.0. The van der Waals surface area contributed by atoms with Gasteiger partial charge in [-0.3, -0.25) is 33.7 Å². The summed E-state index contributed by atoms with van der Waals surface area (Å²) in [7, 11) is 0. The van der Waals surface area contributed by atoms with E-state index < -0.39 is 0 Å². The third kappa shape index (κ3) is 31.4. The number of morpholine rings is 1. The molecule has 109 heavy (non-hydrogen) atoms. The lowest BCUT2D eigenvalue weighted by atomic mass is 9.86. The van der Waals surface area contributed by atoms with E-state index in [2.05, 4.69) is 179 Å². The number of likely N-dealkylation sites (tertiary alicyclic amines) is 2. The summed E-state index contributed by atoms with van der Waals surface area (Å²) in [6, 6.07) is 46.6. The number of ether oxygens (including phenoxy) is 1. The molecular weight excluding hydrogens is 1360 g/mol. The monoisotopic (exact) mass is 1500 g/mol. The SMILES string of the molecule is CC(C)(C)c1ccc(C(=O)NCCCN2CCCC2=O)cc1.CC(C)(C)c1ccc(C(=O)NCc2cccc(F)c2)cc1.CC(C)(C)c1cccc(C(=O)NCCCN2CCOCC2)c1.CCC1CCCCN1CCCCC(=O)c1ccc(C(C)(C)C)cc1.CCN1CCN(C(=O)c2cccc(C(C)(C)C)c2)CC1. The quantitative estimate of drug-likeness (QED) is 0.0440. The predicted molar refractivity (Wildman–Crippen MR) is 446 cm³/mol. The highest BCUT2D eigenvalue weighted by molar-refractivity contribution is 5.97. The molecule has 6 aromatic carbocycles. The number of carbonyl (C=O) groups is 6. The number of Topliss-reactive ketones (excluding diaryl/α,β-unsaturated/α-hetero) is 1. The first-order valence-electron chi connectivity index (χ1n) is 40.5. The van der Waals surface area contributed by atoms with Gasteiger partial charge in [0.25, 0.3) is 23.6 Å². The number of unbranched alkanes of at least 4 members (excludes halogenated alkanes) is 1. The molecule has 0 aromatic heterocycles. The van der Waals surface area contributed by atoms with E-state index in [-0.39, 0.29) is 62.4 Å². The lowest BCUT2D eigenvalue weighted by Gasteiger charge is -2.35. The largest absolute Gasteiger partial charge is 0.379 e. The van der Waals surface area contributed by atoms with Crippen molar-refractivity contribution in [2.45, 2.75) is 228 Å². The van der Waals surface area contributed by atoms with Crippen molar-refractivity contribution in [2.24, 2.45) is 0 Å². The number of nitrogens with zero attached hydrogens (tertiary/aromatic N) is 5. The van der Waals surface area contributed by atoms with Gasteiger partial charge in [-0.2, -0.15) is 0 Å². The zero-order valence-electron chi connectivity index (χ0n) is 69.7. The minimum Gasteiger partial charge on any atom is -0.379 e. The predicted octanol–water partition coefficient (Wildman–Crippen LogP) is 17.6. The molecule has 4 fully saturated rings. The molecule has 0 saturated carbocycles. The standard InChI is InChI=1S/C22H35NO.C18H20FNO.C18H26N2O2.C18H28N2O2.C17H26N2O/c1-5-20-10-6-8-16-23(20)17-9-7-11-21(24)18-12-14-19(15-13-18)22(2,3)4;1-18(2,3)15-9-7-14(8-10-15)17(21)20-12-13-5-4-6-16(19)11-13;1-18(2,3)15-9-7-14(8-10-15)17(22)19-11-5-13-20-12-4-6-16(20)21;1-18(2,3)16-7-4-6-15(14-16)17(21)19-8-5-9-20-10-12-22-13-11-20;1-5-18-9-11-19(12-10-18)16(20)14-7-6-8-15(13-14)17(2,3)4/h12-15,20H,5-11,16-17H2,1-4H3;4-11H,12H2,1-3H3,(H,20,21);7-10H,4-6,11-13H2,1-3H3,(H,19,22);4,6-7,14H,5,8-13H2,1-3H3,(H,19,21);6-8,13H,5,9-12H2,1-4H3. The molecule has 596 valence electrons. The molecule has 1 unspecified atom stereocenters. The molecule has 4 heterocycles. The number of amides is 5. The highest BCUT2D eigenvalue weighted by Gasteiger charge is 2.26. The zero-order chi connectivity index (χ0) is 80.0. The molecule has 5 amide bonds. The molecule has 0 aliphatic carbocycles. The average molecular weight is 1500 g/mol. The Kier molecular flexibility index (Phi) is 36.0. The summed E-state index contributed by atoms with van der Waals surface area (Å²) in [5.41, 5.74) is 11.0. The maximum Gasteiger partial charge on any atom is 0.253 e. The molecule has 4 aliphatic heterocycles. The van der Waals surface area contributed by atoms with Crippen molar-refractivity contribution in [3.05, 3.63) is 213 Å². The van der Waals surface area contributed by atoms with Gasteiger partial charge >= 0.3 is 0 Å². The van der Waals surface area contributed by atoms with Crippen LogP contribution >= 0.6 is 0 Å². The van der Waals surface area contributed by atoms with Crippen LogP contribution < -0.4 is 16.0 Å². The van der Waals surface area contributed by atoms with E-state index >= 15 is 0 Å². The van der Waals surface area contributed by atoms with Crippen LogP contribution in [0.4, 0.5) is 4.39 Å². The minimum absolute atomic E-state index is 0.0214. The van der Waals surface area contributed by atoms with Gasteiger partial charge in [0.05, 0.1) is 13.2 Å². The van der Waals surface area contributed by atoms with Crippen LogP contribution in [0.5, 0.6) is 0 Å². The Morgan fingerprint density at radius 3 is 1.43 bits per heavy atom. The third-order valence-corrected chi connectivity index (χ3v) is 20.9. The fourth-order valence-electron chi connectivity index (χ4n) is 13.5. The Morgan fingerprint density at radius 2 is 0.936 bits per heavy atom. The number of ketones is 1. The Hall–Kier alpha value is -7.89. The van der Waals surface area contributed by atoms with E-state index in [0.29, 0.717) is 42.8 Å². The zero-order valence-corrected chi connectivity index (χ0v) is 69.7. The molecule has 0 radical (unpaired) electrons. The van der Waals surface area contributed by atoms with Crippen molar-refractivity contribution in [1.82, 2.24) is 40.4 Å². The molecular formula is C93H135FN8O7. The van der Waals surface area contributed by atoms with E-state index in [4.69, 9.17) is 4.74 Å². The number of hydrogen-bond acceptors (Lipinski definition) is 10. The number of piperidine rings is 1. The Labute approximate surface area is 655 Å². The van der Waals surface area contributed by atoms with Crippen molar-refractivity contribution in [3.63, 3.8) is 0 Å². The van der Waals surface area contributed by atoms with Gasteiger partial charge in [-0.25, -0.2) is 4.39 Å². The lowest BCUT2D eigenvalue weighted by Crippen LogP contribution is -2.48. The summed E-state index contributed by atoms with van der Waals surface area (Å²) in [5, 5.41) is 8.73. The summed E-state index contributed by atoms with van der Waals surface area (Å²) in [6.45, 7) is 52.0. The second-order valence-electron chi connectivity index (χ2n) is 34.8. The average Bonchev–Trinajstić information content (AvgIpc) is 1.10. The highest BCUT2D eigenvalue weighted by Crippen LogP contribution is 2.28. The number of rotatable bonds is 22. The van der Waals surface area contributed by atoms with Gasteiger partial charge in [-0.1, -0.05) is 209 Å². The molecule has 1 atom stereocenters. The second-order valence-corrected chi connectivity index (χ2v) is 34.8. The summed E-state index contributed by atoms with van der Waals surface area (Å²) < 4.78 is 18.4. The minimum atomic E-state index is -0.295. The van der Waals surface area contributed by atoms with Crippen LogP contribution in [-0.2, 0) is 43.2 Å². The van der Waals surface area contributed by atoms with E-state index in [1.54, 1.807) is 12.1 Å². The van der Waals surface area contributed by atoms with Crippen LogP contribution in [0, 0.1) is 5.82 Å². The first-order chi connectivity index (χ1) is 51.5. The number of likely N-dealkylation sites (N-methyl/N-ethyl adjacent to an activating group) is 1. The van der Waals surface area contributed by atoms with Crippen LogP contribution in [-0.4, -0.2) is 171 Å². The van der Waals surface area contributed by atoms with E-state index in [1.807, 2.05) is 101 Å². The van der Waals surface area contributed by atoms with Gasteiger partial charge in [0.2, 0.25) is 5.91 Å². The molecule has 16 heteroatoms. The van der Waals surface area contributed by atoms with Gasteiger partial charge in [-0.15, -0.1) is 0 Å². The highest BCUT2D eigenvalue weighted by atomic mass is 19.1. The van der Waals surface area contributed by atoms with Crippen molar-refractivity contribution in [3.8, 4) is 0 Å². The van der Waals surface area contributed by atoms with E-state index in [1.165, 1.54) is 72.2 Å². The molecule has 4 saturated heterocycles. The topological polar surface area (TPSA) is 164 Å². The van der Waals surface area contributed by atoms with Gasteiger partial charge in [0.15, 0.2) is 5.78 Å². The fraction of sp³-hybridized carbons (Fsp3) is 0.548. The summed E-state index contributed by atoms with van der Waals surface area (Å²) >= 11 is 0. The van der Waals surface area contributed by atoms with Gasteiger partial charge < -0.3 is 40.3 Å². The van der Waals surface area contributed by atoms with Crippen LogP contribution in [0.2, 0.25) is 0 Å². The van der Waals surface area contributed by atoms with Crippen LogP contribution in [0.25, 0.3) is 0 Å². The van der Waals surface area contributed by atoms with Crippen LogP contribution in [0.15, 0.2) is 146 Å². The van der Waals surface area contributed by atoms with Crippen LogP contribution in [0.3, 0.4) is 0 Å². The maximum absolute atomic E-state index is 13.1. The number of benzene rings is 6. The molecule has 0 bridgehead atoms.